The molecule has 0 aromatic heterocycles. The van der Waals surface area contributed by atoms with E-state index < -0.39 is 11.6 Å². The number of nitrogens with zero attached hydrogens (tertiary/aromatic N) is 1. The van der Waals surface area contributed by atoms with Crippen LogP contribution < -0.4 is 0 Å². The zero-order chi connectivity index (χ0) is 15.4. The lowest BCUT2D eigenvalue weighted by Gasteiger charge is -2.33. The number of rotatable bonds is 4. The topological polar surface area (TPSA) is 20.3 Å². The molecule has 0 aliphatic carbocycles. The first-order valence-electron chi connectivity index (χ1n) is 7.79. The van der Waals surface area contributed by atoms with Crippen molar-refractivity contribution < 1.29 is 13.6 Å². The van der Waals surface area contributed by atoms with Gasteiger partial charge in [-0.05, 0) is 50.9 Å². The quantitative estimate of drug-likeness (QED) is 0.776. The predicted octanol–water partition coefficient (Wildman–Crippen LogP) is 4.19. The molecule has 2 rings (SSSR count). The molecule has 1 fully saturated rings. The van der Waals surface area contributed by atoms with Crippen molar-refractivity contribution >= 4 is 5.78 Å². The molecular weight excluding hydrogens is 272 g/mol. The van der Waals surface area contributed by atoms with Crippen LogP contribution in [-0.4, -0.2) is 29.3 Å². The van der Waals surface area contributed by atoms with Gasteiger partial charge in [0.25, 0.3) is 0 Å². The molecule has 1 heterocycles. The van der Waals surface area contributed by atoms with Crippen LogP contribution in [0.3, 0.4) is 0 Å². The summed E-state index contributed by atoms with van der Waals surface area (Å²) < 4.78 is 26.3. The van der Waals surface area contributed by atoms with Gasteiger partial charge in [-0.1, -0.05) is 19.8 Å². The van der Waals surface area contributed by atoms with Gasteiger partial charge in [0.1, 0.15) is 0 Å². The van der Waals surface area contributed by atoms with E-state index in [0.717, 1.165) is 37.9 Å². The third-order valence-corrected chi connectivity index (χ3v) is 4.47. The molecular formula is C17H23F2NO. The molecule has 21 heavy (non-hydrogen) atoms. The maximum Gasteiger partial charge on any atom is 0.179 e. The molecule has 1 aliphatic heterocycles. The molecule has 1 aliphatic rings. The number of hydrogen-bond acceptors (Lipinski definition) is 2. The lowest BCUT2D eigenvalue weighted by molar-refractivity contribution is 0.0757. The van der Waals surface area contributed by atoms with Crippen molar-refractivity contribution in [2.24, 2.45) is 0 Å². The van der Waals surface area contributed by atoms with E-state index in [1.54, 1.807) is 0 Å². The van der Waals surface area contributed by atoms with E-state index in [9.17, 15) is 13.6 Å². The highest BCUT2D eigenvalue weighted by Gasteiger charge is 2.29. The average Bonchev–Trinajstić information content (AvgIpc) is 2.73. The average molecular weight is 295 g/mol. The smallest absolute Gasteiger partial charge is 0.179 e. The number of Topliss-reactive ketones (excluding diaryl/α,β-unsaturated/α-hetero) is 1. The molecule has 1 saturated heterocycles. The molecule has 2 atom stereocenters. The molecule has 2 unspecified atom stereocenters. The molecule has 116 valence electrons. The third-order valence-electron chi connectivity index (χ3n) is 4.47. The molecule has 4 heteroatoms. The zero-order valence-electron chi connectivity index (χ0n) is 12.7. The highest BCUT2D eigenvalue weighted by atomic mass is 19.2. The minimum atomic E-state index is -0.962. The lowest BCUT2D eigenvalue weighted by atomic mass is 10.0. The van der Waals surface area contributed by atoms with Crippen LogP contribution in [0.2, 0.25) is 0 Å². The van der Waals surface area contributed by atoms with E-state index >= 15 is 0 Å². The summed E-state index contributed by atoms with van der Waals surface area (Å²) in [4.78, 5) is 14.8. The molecule has 0 amide bonds. The Hall–Kier alpha value is -1.29. The van der Waals surface area contributed by atoms with E-state index in [1.165, 1.54) is 18.9 Å². The fourth-order valence-electron chi connectivity index (χ4n) is 3.19. The van der Waals surface area contributed by atoms with Gasteiger partial charge in [0, 0.05) is 11.6 Å². The predicted molar refractivity (Wildman–Crippen MR) is 79.4 cm³/mol. The largest absolute Gasteiger partial charge is 0.292 e. The van der Waals surface area contributed by atoms with Gasteiger partial charge in [-0.15, -0.1) is 0 Å². The van der Waals surface area contributed by atoms with Crippen molar-refractivity contribution in [1.82, 2.24) is 4.90 Å². The van der Waals surface area contributed by atoms with Crippen LogP contribution in [0.25, 0.3) is 0 Å². The van der Waals surface area contributed by atoms with Gasteiger partial charge in [-0.2, -0.15) is 0 Å². The Labute approximate surface area is 125 Å². The van der Waals surface area contributed by atoms with E-state index in [4.69, 9.17) is 0 Å². The monoisotopic (exact) mass is 295 g/mol. The summed E-state index contributed by atoms with van der Waals surface area (Å²) in [5.41, 5.74) is 0.250. The van der Waals surface area contributed by atoms with Crippen LogP contribution in [0.4, 0.5) is 8.78 Å². The van der Waals surface area contributed by atoms with Gasteiger partial charge in [-0.25, -0.2) is 8.78 Å². The van der Waals surface area contributed by atoms with E-state index in [2.05, 4.69) is 11.8 Å². The van der Waals surface area contributed by atoms with Crippen LogP contribution in [0.1, 0.15) is 56.3 Å². The number of carbonyl (C=O) groups excluding carboxylic acids is 1. The fraction of sp³-hybridized carbons (Fsp3) is 0.588. The van der Waals surface area contributed by atoms with Crippen molar-refractivity contribution in [3.63, 3.8) is 0 Å². The molecule has 0 spiro atoms. The van der Waals surface area contributed by atoms with Crippen molar-refractivity contribution in [3.8, 4) is 0 Å². The number of halogens is 2. The van der Waals surface area contributed by atoms with Crippen LogP contribution in [0, 0.1) is 11.6 Å². The second kappa shape index (κ2) is 7.12. The third kappa shape index (κ3) is 3.67. The van der Waals surface area contributed by atoms with Crippen LogP contribution >= 0.6 is 0 Å². The minimum Gasteiger partial charge on any atom is -0.292 e. The maximum absolute atomic E-state index is 13.3. The van der Waals surface area contributed by atoms with Gasteiger partial charge in [0.2, 0.25) is 0 Å². The number of carbonyl (C=O) groups is 1. The molecule has 1 aromatic carbocycles. The first-order valence-corrected chi connectivity index (χ1v) is 7.79. The van der Waals surface area contributed by atoms with Crippen molar-refractivity contribution in [2.75, 3.05) is 6.54 Å². The zero-order valence-corrected chi connectivity index (χ0v) is 12.7. The summed E-state index contributed by atoms with van der Waals surface area (Å²) in [5, 5.41) is 0. The summed E-state index contributed by atoms with van der Waals surface area (Å²) in [7, 11) is 0. The fourth-order valence-corrected chi connectivity index (χ4v) is 3.19. The van der Waals surface area contributed by atoms with E-state index in [-0.39, 0.29) is 17.4 Å². The molecule has 0 bridgehead atoms. The Morgan fingerprint density at radius 2 is 2.05 bits per heavy atom. The summed E-state index contributed by atoms with van der Waals surface area (Å²) >= 11 is 0. The van der Waals surface area contributed by atoms with Crippen LogP contribution in [-0.2, 0) is 0 Å². The number of likely N-dealkylation sites (tertiary alicyclic amines) is 1. The van der Waals surface area contributed by atoms with Gasteiger partial charge in [-0.3, -0.25) is 9.69 Å². The Balaban J connectivity index is 2.18. The molecule has 1 aromatic rings. The molecule has 0 N–H and O–H groups in total. The van der Waals surface area contributed by atoms with Crippen LogP contribution in [0.5, 0.6) is 0 Å². The van der Waals surface area contributed by atoms with Gasteiger partial charge in [0.15, 0.2) is 17.4 Å². The number of ketones is 1. The minimum absolute atomic E-state index is 0.130. The Kier molecular flexibility index (Phi) is 5.45. The standard InChI is InChI=1S/C17H23F2NO/c1-3-14-7-5-4-6-10-20(14)12(2)17(21)13-8-9-15(18)16(19)11-13/h8-9,11-12,14H,3-7,10H2,1-2H3. The summed E-state index contributed by atoms with van der Waals surface area (Å²) in [6, 6.07) is 3.51. The number of benzene rings is 1. The maximum atomic E-state index is 13.3. The molecule has 0 radical (unpaired) electrons. The molecule has 2 nitrogen and oxygen atoms in total. The van der Waals surface area contributed by atoms with Gasteiger partial charge >= 0.3 is 0 Å². The van der Waals surface area contributed by atoms with Gasteiger partial charge < -0.3 is 0 Å². The first kappa shape index (κ1) is 16.1. The first-order chi connectivity index (χ1) is 10.0. The van der Waals surface area contributed by atoms with Crippen molar-refractivity contribution in [3.05, 3.63) is 35.4 Å². The van der Waals surface area contributed by atoms with E-state index in [0.29, 0.717) is 6.04 Å². The number of hydrogen-bond donors (Lipinski definition) is 0. The summed E-state index contributed by atoms with van der Waals surface area (Å²) in [6.45, 7) is 4.91. The van der Waals surface area contributed by atoms with Crippen LogP contribution in [0.15, 0.2) is 18.2 Å². The van der Waals surface area contributed by atoms with Crippen molar-refractivity contribution in [1.29, 1.82) is 0 Å². The Bertz CT molecular complexity index is 504. The van der Waals surface area contributed by atoms with Crippen molar-refractivity contribution in [2.45, 2.75) is 58.0 Å². The molecule has 0 saturated carbocycles. The normalized spacial score (nSPS) is 21.8. The highest BCUT2D eigenvalue weighted by Crippen LogP contribution is 2.23. The SMILES string of the molecule is CCC1CCCCCN1C(C)C(=O)c1ccc(F)c(F)c1. The lowest BCUT2D eigenvalue weighted by Crippen LogP contribution is -2.45. The Morgan fingerprint density at radius 1 is 1.29 bits per heavy atom. The highest BCUT2D eigenvalue weighted by molar-refractivity contribution is 5.99. The van der Waals surface area contributed by atoms with Gasteiger partial charge in [0.05, 0.1) is 6.04 Å². The second-order valence-corrected chi connectivity index (χ2v) is 5.82. The summed E-state index contributed by atoms with van der Waals surface area (Å²) in [5.74, 6) is -2.01. The summed E-state index contributed by atoms with van der Waals surface area (Å²) in [6.07, 6.45) is 5.59. The second-order valence-electron chi connectivity index (χ2n) is 5.82. The Morgan fingerprint density at radius 3 is 2.71 bits per heavy atom. The van der Waals surface area contributed by atoms with E-state index in [1.807, 2.05) is 6.92 Å².